The normalized spacial score (nSPS) is 19.1. The van der Waals surface area contributed by atoms with Crippen LogP contribution in [0.25, 0.3) is 0 Å². The molecule has 0 saturated heterocycles. The van der Waals surface area contributed by atoms with E-state index in [1.165, 1.54) is 16.3 Å². The molecule has 0 fully saturated rings. The molecule has 5 rings (SSSR count). The number of rotatable bonds is 2. The van der Waals surface area contributed by atoms with Crippen LogP contribution in [0.2, 0.25) is 0 Å². The van der Waals surface area contributed by atoms with Crippen LogP contribution >= 0.6 is 11.8 Å². The first kappa shape index (κ1) is 22.2. The van der Waals surface area contributed by atoms with Crippen molar-refractivity contribution in [2.24, 2.45) is 0 Å². The lowest BCUT2D eigenvalue weighted by atomic mass is 10.1. The lowest BCUT2D eigenvalue weighted by molar-refractivity contribution is -0.313. The predicted octanol–water partition coefficient (Wildman–Crippen LogP) is 6.59. The van der Waals surface area contributed by atoms with Crippen LogP contribution in [0.5, 0.6) is 0 Å². The van der Waals surface area contributed by atoms with Gasteiger partial charge in [0, 0.05) is 30.3 Å². The third kappa shape index (κ3) is 4.18. The van der Waals surface area contributed by atoms with E-state index in [1.54, 1.807) is 53.1 Å². The minimum Gasteiger partial charge on any atom is -0.624 e. The van der Waals surface area contributed by atoms with E-state index in [2.05, 4.69) is 4.65 Å². The Balaban J connectivity index is 1.86. The largest absolute Gasteiger partial charge is 0.729 e. The van der Waals surface area contributed by atoms with Gasteiger partial charge in [0.25, 0.3) is 0 Å². The van der Waals surface area contributed by atoms with Crippen LogP contribution in [0, 0.1) is 0 Å². The number of hydrogen-bond acceptors (Lipinski definition) is 3. The lowest BCUT2D eigenvalue weighted by Crippen LogP contribution is -2.44. The highest BCUT2D eigenvalue weighted by Crippen LogP contribution is 2.42. The zero-order chi connectivity index (χ0) is 23.9. The van der Waals surface area contributed by atoms with Crippen LogP contribution < -0.4 is 4.58 Å². The summed E-state index contributed by atoms with van der Waals surface area (Å²) in [6.07, 6.45) is -4.67. The smallest absolute Gasteiger partial charge is 0.624 e. The standard InChI is InChI=1S/C23H15BF5N2O2S/c25-23(26,27)20-15-21(33-24(28,29)32-20)31-18-13-7-8-14-19(18)34-22(31)30(16-9-3-1-4-10-16)17-11-5-2-6-12-17/h1-15H/q+1. The van der Waals surface area contributed by atoms with Crippen molar-refractivity contribution in [3.8, 4) is 0 Å². The summed E-state index contributed by atoms with van der Waals surface area (Å²) in [4.78, 5) is 0.662. The van der Waals surface area contributed by atoms with E-state index in [4.69, 9.17) is 4.65 Å². The number of nitrogens with zero attached hydrogens (tertiary/aromatic N) is 2. The quantitative estimate of drug-likeness (QED) is 0.231. The number of allylic oxidation sites excluding steroid dienone is 1. The van der Waals surface area contributed by atoms with Crippen LogP contribution in [0.15, 0.2) is 102 Å². The topological polar surface area (TPSA) is 24.5 Å². The lowest BCUT2D eigenvalue weighted by Gasteiger charge is -2.32. The van der Waals surface area contributed by atoms with Crippen LogP contribution in [0.3, 0.4) is 0 Å². The van der Waals surface area contributed by atoms with Gasteiger partial charge in [0.1, 0.15) is 0 Å². The molecule has 0 spiro atoms. The number of hydrogen-bond donors (Lipinski definition) is 0. The van der Waals surface area contributed by atoms with Gasteiger partial charge in [-0.05, 0) is 6.07 Å². The highest BCUT2D eigenvalue weighted by molar-refractivity contribution is 8.13. The molecule has 0 atom stereocenters. The maximum Gasteiger partial charge on any atom is 0.729 e. The molecule has 2 aliphatic rings. The molecule has 11 heteroatoms. The van der Waals surface area contributed by atoms with Crippen LogP contribution in [-0.2, 0) is 9.31 Å². The first-order chi connectivity index (χ1) is 16.2. The van der Waals surface area contributed by atoms with Gasteiger partial charge in [0.05, 0.1) is 22.7 Å². The van der Waals surface area contributed by atoms with E-state index in [0.29, 0.717) is 33.2 Å². The molecule has 0 N–H and O–H groups in total. The van der Waals surface area contributed by atoms with Gasteiger partial charge in [-0.2, -0.15) is 13.2 Å². The van der Waals surface area contributed by atoms with Crippen molar-refractivity contribution in [3.05, 3.63) is 96.8 Å². The second-order valence-electron chi connectivity index (χ2n) is 7.31. The summed E-state index contributed by atoms with van der Waals surface area (Å²) < 4.78 is 80.2. The molecule has 0 aliphatic carbocycles. The molecule has 0 bridgehead atoms. The number of halogens is 5. The highest BCUT2D eigenvalue weighted by atomic mass is 32.2. The van der Waals surface area contributed by atoms with Crippen molar-refractivity contribution < 1.29 is 35.7 Å². The Morgan fingerprint density at radius 2 is 1.32 bits per heavy atom. The first-order valence-corrected chi connectivity index (χ1v) is 10.9. The molecule has 0 unspecified atom stereocenters. The van der Waals surface area contributed by atoms with Crippen molar-refractivity contribution in [2.75, 3.05) is 0 Å². The number of thioether (sulfide) groups is 1. The average molecular weight is 489 g/mol. The summed E-state index contributed by atoms with van der Waals surface area (Å²) in [6.45, 7) is 0. The van der Waals surface area contributed by atoms with E-state index >= 15 is 0 Å². The second-order valence-corrected chi connectivity index (χ2v) is 8.32. The molecule has 3 aromatic rings. The van der Waals surface area contributed by atoms with Crippen LogP contribution in [-0.4, -0.2) is 28.9 Å². The Bertz CT molecular complexity index is 1300. The predicted molar refractivity (Wildman–Crippen MR) is 121 cm³/mol. The van der Waals surface area contributed by atoms with Crippen molar-refractivity contribution in [2.45, 2.75) is 11.1 Å². The van der Waals surface area contributed by atoms with E-state index in [-0.39, 0.29) is 0 Å². The molecule has 0 radical (unpaired) electrons. The summed E-state index contributed by atoms with van der Waals surface area (Å²) >= 11 is 1.22. The molecule has 0 amide bonds. The van der Waals surface area contributed by atoms with E-state index < -0.39 is 24.9 Å². The SMILES string of the molecule is F[B-]1(F)OC(C(F)(F)F)=CC(=[N+]2C(=[N+](c3ccccc3)c3ccccc3)Sc3ccccc32)O1. The molecule has 0 aromatic heterocycles. The fourth-order valence-corrected chi connectivity index (χ4v) is 4.81. The molecule has 4 nitrogen and oxygen atoms in total. The van der Waals surface area contributed by atoms with Gasteiger partial charge >= 0.3 is 24.3 Å². The molecule has 2 heterocycles. The average Bonchev–Trinajstić information content (AvgIpc) is 3.18. The number of para-hydroxylation sites is 3. The van der Waals surface area contributed by atoms with Crippen molar-refractivity contribution in [1.29, 1.82) is 0 Å². The number of benzene rings is 3. The minimum absolute atomic E-state index is 0.347. The fourth-order valence-electron chi connectivity index (χ4n) is 3.62. The fraction of sp³-hybridized carbons (Fsp3) is 0.0435. The Kier molecular flexibility index (Phi) is 5.43. The first-order valence-electron chi connectivity index (χ1n) is 10.1. The third-order valence-corrected chi connectivity index (χ3v) is 6.11. The Labute approximate surface area is 195 Å². The Morgan fingerprint density at radius 3 is 1.91 bits per heavy atom. The molecule has 0 saturated carbocycles. The summed E-state index contributed by atoms with van der Waals surface area (Å²) in [6, 6.07) is 24.9. The summed E-state index contributed by atoms with van der Waals surface area (Å²) in [5.74, 6) is -2.51. The maximum absolute atomic E-state index is 14.2. The molecular weight excluding hydrogens is 474 g/mol. The van der Waals surface area contributed by atoms with Gasteiger partial charge in [-0.3, -0.25) is 0 Å². The number of alkyl halides is 3. The zero-order valence-electron chi connectivity index (χ0n) is 17.2. The van der Waals surface area contributed by atoms with E-state index in [9.17, 15) is 21.8 Å². The Hall–Kier alpha value is -3.60. The van der Waals surface area contributed by atoms with E-state index in [0.717, 1.165) is 0 Å². The zero-order valence-corrected chi connectivity index (χ0v) is 18.1. The van der Waals surface area contributed by atoms with Crippen molar-refractivity contribution >= 4 is 47.0 Å². The number of amidine groups is 1. The highest BCUT2D eigenvalue weighted by Gasteiger charge is 2.52. The molecule has 172 valence electrons. The van der Waals surface area contributed by atoms with Crippen LogP contribution in [0.1, 0.15) is 0 Å². The summed E-state index contributed by atoms with van der Waals surface area (Å²) in [7, 11) is -5.24. The van der Waals surface area contributed by atoms with Gasteiger partial charge in [0.2, 0.25) is 17.1 Å². The number of fused-ring (bicyclic) bond motifs is 1. The Morgan fingerprint density at radius 1 is 0.765 bits per heavy atom. The van der Waals surface area contributed by atoms with Gasteiger partial charge in [-0.1, -0.05) is 57.7 Å². The van der Waals surface area contributed by atoms with Crippen LogP contribution in [0.4, 0.5) is 38.9 Å². The minimum atomic E-state index is -5.24. The van der Waals surface area contributed by atoms with Crippen molar-refractivity contribution in [3.63, 3.8) is 0 Å². The molecule has 34 heavy (non-hydrogen) atoms. The van der Waals surface area contributed by atoms with E-state index in [1.807, 2.05) is 36.4 Å². The van der Waals surface area contributed by atoms with Gasteiger partial charge in [0.15, 0.2) is 5.76 Å². The summed E-state index contributed by atoms with van der Waals surface area (Å²) in [5, 5.41) is 0.347. The second kappa shape index (κ2) is 8.32. The third-order valence-electron chi connectivity index (χ3n) is 5.00. The summed E-state index contributed by atoms with van der Waals surface area (Å²) in [5.41, 5.74) is 1.76. The van der Waals surface area contributed by atoms with Gasteiger partial charge < -0.3 is 17.9 Å². The van der Waals surface area contributed by atoms with Gasteiger partial charge in [-0.15, -0.1) is 0 Å². The molecule has 3 aromatic carbocycles. The molecule has 2 aliphatic heterocycles. The maximum atomic E-state index is 14.2. The van der Waals surface area contributed by atoms with Gasteiger partial charge in [-0.25, -0.2) is 0 Å². The molecular formula is C23H15BF5N2O2S+. The van der Waals surface area contributed by atoms with Crippen molar-refractivity contribution in [1.82, 2.24) is 4.58 Å². The monoisotopic (exact) mass is 489 g/mol.